The van der Waals surface area contributed by atoms with E-state index in [1.165, 1.54) is 17.1 Å². The summed E-state index contributed by atoms with van der Waals surface area (Å²) in [6.45, 7) is 6.81. The number of amides is 1. The van der Waals surface area contributed by atoms with Gasteiger partial charge in [0, 0.05) is 38.4 Å². The molecule has 3 atom stereocenters. The Hall–Kier alpha value is -1.16. The maximum absolute atomic E-state index is 12.5. The summed E-state index contributed by atoms with van der Waals surface area (Å²) in [6.07, 6.45) is 2.66. The molecule has 0 radical (unpaired) electrons. The Balaban J connectivity index is 0.00000264. The zero-order valence-corrected chi connectivity index (χ0v) is 15.3. The van der Waals surface area contributed by atoms with E-state index in [9.17, 15) is 13.2 Å². The van der Waals surface area contributed by atoms with Gasteiger partial charge in [-0.05, 0) is 20.8 Å². The van der Waals surface area contributed by atoms with Gasteiger partial charge >= 0.3 is 0 Å². The van der Waals surface area contributed by atoms with Gasteiger partial charge in [0.05, 0.1) is 12.2 Å². The Morgan fingerprint density at radius 3 is 2.70 bits per heavy atom. The minimum absolute atomic E-state index is 0. The number of piperazine rings is 1. The highest BCUT2D eigenvalue weighted by Gasteiger charge is 2.32. The van der Waals surface area contributed by atoms with E-state index >= 15 is 0 Å². The fraction of sp³-hybridized carbons (Fsp3) is 0.692. The number of hydrogen-bond acceptors (Lipinski definition) is 5. The molecule has 1 aliphatic heterocycles. The van der Waals surface area contributed by atoms with Gasteiger partial charge in [0.1, 0.15) is 4.90 Å². The van der Waals surface area contributed by atoms with Crippen molar-refractivity contribution in [3.63, 3.8) is 0 Å². The zero-order chi connectivity index (χ0) is 16.5. The highest BCUT2D eigenvalue weighted by molar-refractivity contribution is 7.89. The van der Waals surface area contributed by atoms with E-state index in [4.69, 9.17) is 0 Å². The summed E-state index contributed by atoms with van der Waals surface area (Å²) in [5.74, 6) is -0.215. The molecule has 1 fully saturated rings. The maximum Gasteiger partial charge on any atom is 0.244 e. The zero-order valence-electron chi connectivity index (χ0n) is 13.7. The number of carbonyl (C=O) groups is 1. The van der Waals surface area contributed by atoms with E-state index in [0.29, 0.717) is 13.1 Å². The lowest BCUT2D eigenvalue weighted by molar-refractivity contribution is -0.136. The van der Waals surface area contributed by atoms with Crippen LogP contribution >= 0.6 is 12.4 Å². The highest BCUT2D eigenvalue weighted by atomic mass is 35.5. The molecule has 0 bridgehead atoms. The molecule has 0 saturated carbocycles. The van der Waals surface area contributed by atoms with E-state index in [1.54, 1.807) is 18.9 Å². The van der Waals surface area contributed by atoms with Crippen LogP contribution in [0.1, 0.15) is 20.8 Å². The number of hydrogen-bond donors (Lipinski definition) is 2. The van der Waals surface area contributed by atoms with Crippen molar-refractivity contribution >= 4 is 28.3 Å². The van der Waals surface area contributed by atoms with Crippen molar-refractivity contribution in [1.29, 1.82) is 0 Å². The summed E-state index contributed by atoms with van der Waals surface area (Å²) < 4.78 is 28.3. The molecule has 2 N–H and O–H groups in total. The van der Waals surface area contributed by atoms with E-state index in [-0.39, 0.29) is 35.3 Å². The number of rotatable bonds is 4. The van der Waals surface area contributed by atoms with E-state index in [1.807, 2.05) is 13.8 Å². The van der Waals surface area contributed by atoms with Crippen LogP contribution in [0.2, 0.25) is 0 Å². The third-order valence-corrected chi connectivity index (χ3v) is 5.51. The molecule has 0 spiro atoms. The van der Waals surface area contributed by atoms with Crippen molar-refractivity contribution in [2.75, 3.05) is 13.1 Å². The number of halogens is 1. The molecule has 1 amide bonds. The number of nitrogens with zero attached hydrogens (tertiary/aromatic N) is 3. The van der Waals surface area contributed by atoms with Crippen LogP contribution in [0.25, 0.3) is 0 Å². The summed E-state index contributed by atoms with van der Waals surface area (Å²) in [5, 5.41) is 7.13. The second-order valence-corrected chi connectivity index (χ2v) is 7.42. The van der Waals surface area contributed by atoms with Crippen LogP contribution < -0.4 is 10.0 Å². The van der Waals surface area contributed by atoms with Crippen molar-refractivity contribution < 1.29 is 13.2 Å². The molecule has 2 heterocycles. The second-order valence-electron chi connectivity index (χ2n) is 5.71. The molecular formula is C13H24ClN5O3S. The third-order valence-electron chi connectivity index (χ3n) is 4.01. The van der Waals surface area contributed by atoms with Crippen LogP contribution in [0.15, 0.2) is 17.3 Å². The standard InChI is InChI=1S/C13H23N5O3S.ClH/c1-9-11(3)18(6-5-14-9)13(19)10(2)16-22(20,21)12-7-15-17(4)8-12;/h7-11,14,16H,5-6H2,1-4H3;1H. The average Bonchev–Trinajstić information content (AvgIpc) is 2.88. The lowest BCUT2D eigenvalue weighted by atomic mass is 10.1. The predicted octanol–water partition coefficient (Wildman–Crippen LogP) is -0.282. The molecule has 0 aromatic carbocycles. The Labute approximate surface area is 143 Å². The van der Waals surface area contributed by atoms with Gasteiger partial charge in [0.25, 0.3) is 0 Å². The monoisotopic (exact) mass is 365 g/mol. The molecule has 23 heavy (non-hydrogen) atoms. The van der Waals surface area contributed by atoms with Crippen molar-refractivity contribution in [3.8, 4) is 0 Å². The van der Waals surface area contributed by atoms with Gasteiger partial charge in [-0.15, -0.1) is 12.4 Å². The van der Waals surface area contributed by atoms with Crippen molar-refractivity contribution in [2.45, 2.75) is 43.8 Å². The molecule has 0 aliphatic carbocycles. The quantitative estimate of drug-likeness (QED) is 0.764. The molecule has 1 saturated heterocycles. The minimum atomic E-state index is -3.75. The number of carbonyl (C=O) groups excluding carboxylic acids is 1. The number of aryl methyl sites for hydroxylation is 1. The van der Waals surface area contributed by atoms with Gasteiger partial charge in [0.2, 0.25) is 15.9 Å². The molecule has 1 aliphatic rings. The van der Waals surface area contributed by atoms with Crippen LogP contribution in [-0.4, -0.2) is 60.2 Å². The number of aromatic nitrogens is 2. The molecule has 2 rings (SSSR count). The summed E-state index contributed by atoms with van der Waals surface area (Å²) in [6, 6.07) is -0.621. The fourth-order valence-electron chi connectivity index (χ4n) is 2.51. The van der Waals surface area contributed by atoms with Crippen molar-refractivity contribution in [1.82, 2.24) is 24.7 Å². The summed E-state index contributed by atoms with van der Waals surface area (Å²) in [7, 11) is -2.11. The van der Waals surface area contributed by atoms with Gasteiger partial charge in [-0.2, -0.15) is 9.82 Å². The largest absolute Gasteiger partial charge is 0.336 e. The van der Waals surface area contributed by atoms with Gasteiger partial charge < -0.3 is 10.2 Å². The van der Waals surface area contributed by atoms with Crippen LogP contribution in [0.3, 0.4) is 0 Å². The smallest absolute Gasteiger partial charge is 0.244 e. The van der Waals surface area contributed by atoms with Gasteiger partial charge in [-0.25, -0.2) is 8.42 Å². The Bertz CT molecular complexity index is 648. The van der Waals surface area contributed by atoms with Gasteiger partial charge in [0.15, 0.2) is 0 Å². The first-order valence-corrected chi connectivity index (χ1v) is 8.75. The first-order valence-electron chi connectivity index (χ1n) is 7.27. The Kier molecular flexibility index (Phi) is 6.58. The fourth-order valence-corrected chi connectivity index (χ4v) is 3.68. The number of sulfonamides is 1. The predicted molar refractivity (Wildman–Crippen MR) is 88.9 cm³/mol. The minimum Gasteiger partial charge on any atom is -0.336 e. The molecule has 8 nitrogen and oxygen atoms in total. The topological polar surface area (TPSA) is 96.3 Å². The third kappa shape index (κ3) is 4.43. The summed E-state index contributed by atoms with van der Waals surface area (Å²) in [5.41, 5.74) is 0. The lowest BCUT2D eigenvalue weighted by Crippen LogP contribution is -2.60. The molecular weight excluding hydrogens is 342 g/mol. The van der Waals surface area contributed by atoms with E-state index in [2.05, 4.69) is 15.1 Å². The molecule has 3 unspecified atom stereocenters. The maximum atomic E-state index is 12.5. The molecule has 1 aromatic rings. The van der Waals surface area contributed by atoms with Gasteiger partial charge in [-0.1, -0.05) is 0 Å². The van der Waals surface area contributed by atoms with Crippen LogP contribution in [0.4, 0.5) is 0 Å². The molecule has 10 heteroatoms. The highest BCUT2D eigenvalue weighted by Crippen LogP contribution is 2.12. The van der Waals surface area contributed by atoms with E-state index < -0.39 is 16.1 Å². The molecule has 132 valence electrons. The number of nitrogens with one attached hydrogen (secondary N) is 2. The Morgan fingerprint density at radius 2 is 2.13 bits per heavy atom. The first-order chi connectivity index (χ1) is 10.2. The summed E-state index contributed by atoms with van der Waals surface area (Å²) in [4.78, 5) is 14.3. The first kappa shape index (κ1) is 19.9. The van der Waals surface area contributed by atoms with Gasteiger partial charge in [-0.3, -0.25) is 9.48 Å². The molecule has 1 aromatic heterocycles. The van der Waals surface area contributed by atoms with Crippen molar-refractivity contribution in [2.24, 2.45) is 7.05 Å². The van der Waals surface area contributed by atoms with Crippen LogP contribution in [0, 0.1) is 0 Å². The second kappa shape index (κ2) is 7.61. The lowest BCUT2D eigenvalue weighted by Gasteiger charge is -2.39. The Morgan fingerprint density at radius 1 is 1.48 bits per heavy atom. The van der Waals surface area contributed by atoms with Crippen LogP contribution in [0.5, 0.6) is 0 Å². The van der Waals surface area contributed by atoms with Crippen molar-refractivity contribution in [3.05, 3.63) is 12.4 Å². The van der Waals surface area contributed by atoms with E-state index in [0.717, 1.165) is 0 Å². The normalized spacial score (nSPS) is 23.2. The van der Waals surface area contributed by atoms with Crippen LogP contribution in [-0.2, 0) is 21.9 Å². The average molecular weight is 366 g/mol. The summed E-state index contributed by atoms with van der Waals surface area (Å²) >= 11 is 0. The SMILES string of the molecule is CC(NS(=O)(=O)c1cnn(C)c1)C(=O)N1CCNC(C)C1C.Cl.